The Morgan fingerprint density at radius 1 is 1.18 bits per heavy atom. The van der Waals surface area contributed by atoms with E-state index in [0.717, 1.165) is 5.56 Å². The first-order chi connectivity index (χ1) is 10.5. The Bertz CT molecular complexity index is 741. The Morgan fingerprint density at radius 2 is 1.82 bits per heavy atom. The molecule has 1 heterocycles. The van der Waals surface area contributed by atoms with Gasteiger partial charge >= 0.3 is 0 Å². The van der Waals surface area contributed by atoms with E-state index < -0.39 is 10.0 Å². The normalized spacial score (nSPS) is 12.0. The van der Waals surface area contributed by atoms with Crippen molar-refractivity contribution in [3.63, 3.8) is 0 Å². The fraction of sp³-hybridized carbons (Fsp3) is 0.200. The highest BCUT2D eigenvalue weighted by Crippen LogP contribution is 2.15. The first kappa shape index (κ1) is 16.0. The topological polar surface area (TPSA) is 80.7 Å². The molecule has 0 atom stereocenters. The van der Waals surface area contributed by atoms with Gasteiger partial charge in [-0.15, -0.1) is 0 Å². The van der Waals surface area contributed by atoms with Crippen LogP contribution < -0.4 is 9.57 Å². The Hall–Kier alpha value is -2.41. The van der Waals surface area contributed by atoms with E-state index in [4.69, 9.17) is 4.74 Å². The van der Waals surface area contributed by atoms with Gasteiger partial charge < -0.3 is 4.74 Å². The van der Waals surface area contributed by atoms with Crippen LogP contribution in [0.5, 0.6) is 5.75 Å². The second-order valence-electron chi connectivity index (χ2n) is 4.43. The summed E-state index contributed by atoms with van der Waals surface area (Å²) in [6.07, 6.45) is 3.24. The molecular formula is C15H17N3O3S. The smallest absolute Gasteiger partial charge is 0.276 e. The van der Waals surface area contributed by atoms with Gasteiger partial charge in [0.05, 0.1) is 17.2 Å². The lowest BCUT2D eigenvalue weighted by Crippen LogP contribution is -2.19. The highest BCUT2D eigenvalue weighted by molar-refractivity contribution is 7.89. The van der Waals surface area contributed by atoms with Gasteiger partial charge in [0.2, 0.25) is 0 Å². The van der Waals surface area contributed by atoms with Crippen molar-refractivity contribution >= 4 is 15.7 Å². The third kappa shape index (κ3) is 4.05. The largest absolute Gasteiger partial charge is 0.494 e. The molecule has 0 unspecified atom stereocenters. The first-order valence-corrected chi connectivity index (χ1v) is 8.20. The second-order valence-corrected chi connectivity index (χ2v) is 6.09. The number of benzene rings is 1. The molecule has 0 spiro atoms. The lowest BCUT2D eigenvalue weighted by atomic mass is 10.2. The van der Waals surface area contributed by atoms with E-state index in [2.05, 4.69) is 14.9 Å². The van der Waals surface area contributed by atoms with Crippen molar-refractivity contribution in [2.45, 2.75) is 18.7 Å². The Labute approximate surface area is 129 Å². The zero-order valence-corrected chi connectivity index (χ0v) is 13.2. The predicted octanol–water partition coefficient (Wildman–Crippen LogP) is 2.18. The highest BCUT2D eigenvalue weighted by Gasteiger charge is 2.13. The number of hydrogen-bond donors (Lipinski definition) is 1. The number of hydrogen-bond acceptors (Lipinski definition) is 5. The van der Waals surface area contributed by atoms with Gasteiger partial charge in [-0.1, -0.05) is 0 Å². The first-order valence-electron chi connectivity index (χ1n) is 6.72. The molecule has 0 fully saturated rings. The summed E-state index contributed by atoms with van der Waals surface area (Å²) in [4.78, 5) is 6.25. The third-order valence-electron chi connectivity index (χ3n) is 2.88. The van der Waals surface area contributed by atoms with Crippen molar-refractivity contribution in [3.05, 3.63) is 54.4 Å². The van der Waals surface area contributed by atoms with Crippen LogP contribution in [-0.2, 0) is 10.0 Å². The maximum atomic E-state index is 12.2. The summed E-state index contributed by atoms with van der Waals surface area (Å²) < 4.78 is 29.6. The fourth-order valence-electron chi connectivity index (χ4n) is 1.72. The summed E-state index contributed by atoms with van der Waals surface area (Å²) in [5, 5.41) is 3.92. The van der Waals surface area contributed by atoms with E-state index in [1.807, 2.05) is 6.92 Å². The molecule has 0 bridgehead atoms. The van der Waals surface area contributed by atoms with E-state index >= 15 is 0 Å². The summed E-state index contributed by atoms with van der Waals surface area (Å²) in [5.74, 6) is 0.623. The molecule has 0 amide bonds. The number of nitrogens with one attached hydrogen (secondary N) is 1. The van der Waals surface area contributed by atoms with Crippen molar-refractivity contribution < 1.29 is 13.2 Å². The Balaban J connectivity index is 2.14. The van der Waals surface area contributed by atoms with E-state index in [1.165, 1.54) is 12.1 Å². The van der Waals surface area contributed by atoms with Gasteiger partial charge in [0.15, 0.2) is 0 Å². The van der Waals surface area contributed by atoms with Crippen LogP contribution in [0.3, 0.4) is 0 Å². The van der Waals surface area contributed by atoms with Crippen LogP contribution in [0.15, 0.2) is 58.8 Å². The average molecular weight is 319 g/mol. The standard InChI is InChI=1S/C15H17N3O3S/c1-3-21-14-4-6-15(7-5-14)22(19,20)18-17-12(2)13-8-10-16-11-9-13/h4-11,18H,3H2,1-2H3/b17-12+. The summed E-state index contributed by atoms with van der Waals surface area (Å²) in [7, 11) is -3.70. The number of pyridine rings is 1. The molecule has 0 aliphatic rings. The maximum absolute atomic E-state index is 12.2. The SMILES string of the molecule is CCOc1ccc(S(=O)(=O)N/N=C(\C)c2ccncc2)cc1. The van der Waals surface area contributed by atoms with Gasteiger partial charge in [-0.3, -0.25) is 4.98 Å². The Kier molecular flexibility index (Phi) is 5.11. The van der Waals surface area contributed by atoms with Crippen molar-refractivity contribution in [2.24, 2.45) is 5.10 Å². The highest BCUT2D eigenvalue weighted by atomic mass is 32.2. The molecule has 1 aromatic heterocycles. The lowest BCUT2D eigenvalue weighted by Gasteiger charge is -2.07. The molecule has 0 saturated heterocycles. The molecule has 1 N–H and O–H groups in total. The Morgan fingerprint density at radius 3 is 2.41 bits per heavy atom. The second kappa shape index (κ2) is 7.04. The average Bonchev–Trinajstić information content (AvgIpc) is 2.54. The van der Waals surface area contributed by atoms with Crippen LogP contribution in [0, 0.1) is 0 Å². The summed E-state index contributed by atoms with van der Waals surface area (Å²) in [6, 6.07) is 9.68. The number of ether oxygens (including phenoxy) is 1. The van der Waals surface area contributed by atoms with E-state index in [1.54, 1.807) is 43.6 Å². The van der Waals surface area contributed by atoms with Gasteiger partial charge in [-0.2, -0.15) is 18.4 Å². The molecule has 22 heavy (non-hydrogen) atoms. The lowest BCUT2D eigenvalue weighted by molar-refractivity contribution is 0.340. The van der Waals surface area contributed by atoms with Crippen molar-refractivity contribution in [1.82, 2.24) is 9.82 Å². The van der Waals surface area contributed by atoms with E-state index in [-0.39, 0.29) is 4.90 Å². The molecular weight excluding hydrogens is 302 g/mol. The molecule has 2 aromatic rings. The van der Waals surface area contributed by atoms with Crippen LogP contribution in [0.1, 0.15) is 19.4 Å². The quantitative estimate of drug-likeness (QED) is 0.653. The van der Waals surface area contributed by atoms with Gasteiger partial charge in [-0.25, -0.2) is 0 Å². The maximum Gasteiger partial charge on any atom is 0.276 e. The summed E-state index contributed by atoms with van der Waals surface area (Å²) in [5.41, 5.74) is 1.35. The minimum atomic E-state index is -3.70. The molecule has 0 aliphatic heterocycles. The molecule has 1 aromatic carbocycles. The van der Waals surface area contributed by atoms with Crippen LogP contribution in [0.4, 0.5) is 0 Å². The summed E-state index contributed by atoms with van der Waals surface area (Å²) >= 11 is 0. The van der Waals surface area contributed by atoms with E-state index in [0.29, 0.717) is 18.1 Å². The summed E-state index contributed by atoms with van der Waals surface area (Å²) in [6.45, 7) is 4.11. The third-order valence-corrected chi connectivity index (χ3v) is 4.10. The predicted molar refractivity (Wildman–Crippen MR) is 84.4 cm³/mol. The van der Waals surface area contributed by atoms with Gasteiger partial charge in [0, 0.05) is 18.0 Å². The minimum absolute atomic E-state index is 0.127. The molecule has 7 heteroatoms. The molecule has 0 radical (unpaired) electrons. The molecule has 2 rings (SSSR count). The van der Waals surface area contributed by atoms with Crippen LogP contribution in [0.2, 0.25) is 0 Å². The number of aromatic nitrogens is 1. The van der Waals surface area contributed by atoms with Gasteiger partial charge in [0.1, 0.15) is 5.75 Å². The van der Waals surface area contributed by atoms with Crippen LogP contribution in [0.25, 0.3) is 0 Å². The molecule has 0 saturated carbocycles. The molecule has 0 aliphatic carbocycles. The minimum Gasteiger partial charge on any atom is -0.494 e. The van der Waals surface area contributed by atoms with Gasteiger partial charge in [-0.05, 0) is 50.2 Å². The van der Waals surface area contributed by atoms with Gasteiger partial charge in [0.25, 0.3) is 10.0 Å². The van der Waals surface area contributed by atoms with Crippen LogP contribution >= 0.6 is 0 Å². The monoisotopic (exact) mass is 319 g/mol. The molecule has 116 valence electrons. The molecule has 6 nitrogen and oxygen atoms in total. The number of hydrazone groups is 1. The number of nitrogens with zero attached hydrogens (tertiary/aromatic N) is 2. The van der Waals surface area contributed by atoms with Crippen molar-refractivity contribution in [1.29, 1.82) is 0 Å². The fourth-order valence-corrected chi connectivity index (χ4v) is 2.58. The zero-order valence-electron chi connectivity index (χ0n) is 12.4. The van der Waals surface area contributed by atoms with Crippen molar-refractivity contribution in [2.75, 3.05) is 6.61 Å². The number of sulfonamides is 1. The zero-order chi connectivity index (χ0) is 16.0. The number of rotatable bonds is 6. The van der Waals surface area contributed by atoms with Crippen LogP contribution in [-0.4, -0.2) is 25.7 Å². The van der Waals surface area contributed by atoms with Crippen molar-refractivity contribution in [3.8, 4) is 5.75 Å². The van der Waals surface area contributed by atoms with E-state index in [9.17, 15) is 8.42 Å².